The first kappa shape index (κ1) is 15.6. The molecule has 0 aliphatic heterocycles. The average Bonchev–Trinajstić information content (AvgIpc) is 3.21. The Kier molecular flexibility index (Phi) is 4.09. The molecule has 0 aromatic carbocycles. The van der Waals surface area contributed by atoms with E-state index in [0.29, 0.717) is 17.5 Å². The van der Waals surface area contributed by atoms with E-state index < -0.39 is 0 Å². The topological polar surface area (TPSA) is 86.2 Å². The van der Waals surface area contributed by atoms with Crippen molar-refractivity contribution in [2.75, 3.05) is 5.32 Å². The molecule has 0 unspecified atom stereocenters. The van der Waals surface area contributed by atoms with Crippen molar-refractivity contribution < 1.29 is 4.79 Å². The highest BCUT2D eigenvalue weighted by molar-refractivity contribution is 5.89. The molecular formula is C17H20N6O2. The van der Waals surface area contributed by atoms with Crippen LogP contribution in [0.4, 0.5) is 5.82 Å². The van der Waals surface area contributed by atoms with E-state index in [1.54, 1.807) is 36.7 Å². The molecule has 1 saturated carbocycles. The van der Waals surface area contributed by atoms with Crippen LogP contribution in [-0.4, -0.2) is 29.9 Å². The Morgan fingerprint density at radius 2 is 2.04 bits per heavy atom. The van der Waals surface area contributed by atoms with Crippen molar-refractivity contribution in [1.82, 2.24) is 24.0 Å². The third kappa shape index (κ3) is 3.07. The van der Waals surface area contributed by atoms with Crippen LogP contribution in [0.25, 0.3) is 5.65 Å². The summed E-state index contributed by atoms with van der Waals surface area (Å²) in [4.78, 5) is 24.6. The van der Waals surface area contributed by atoms with E-state index >= 15 is 0 Å². The number of anilines is 1. The Bertz CT molecular complexity index is 947. The van der Waals surface area contributed by atoms with Crippen molar-refractivity contribution in [2.24, 2.45) is 0 Å². The van der Waals surface area contributed by atoms with Crippen molar-refractivity contribution in [1.29, 1.82) is 0 Å². The summed E-state index contributed by atoms with van der Waals surface area (Å²) in [5.74, 6) is 0.386. The Hall–Kier alpha value is -2.90. The smallest absolute Gasteiger partial charge is 0.309 e. The monoisotopic (exact) mass is 340 g/mol. The van der Waals surface area contributed by atoms with Crippen LogP contribution in [0.2, 0.25) is 0 Å². The number of nitrogens with one attached hydrogen (secondary N) is 1. The fraction of sp³-hybridized carbons (Fsp3) is 0.412. The third-order valence-electron chi connectivity index (χ3n) is 4.64. The van der Waals surface area contributed by atoms with E-state index in [4.69, 9.17) is 0 Å². The van der Waals surface area contributed by atoms with Gasteiger partial charge < -0.3 is 5.32 Å². The number of aromatic nitrogens is 5. The molecule has 0 radical (unpaired) electrons. The van der Waals surface area contributed by atoms with E-state index in [-0.39, 0.29) is 18.1 Å². The summed E-state index contributed by atoms with van der Waals surface area (Å²) in [7, 11) is 0. The molecule has 0 atom stereocenters. The number of hydrogen-bond acceptors (Lipinski definition) is 4. The molecule has 0 spiro atoms. The van der Waals surface area contributed by atoms with Gasteiger partial charge in [-0.05, 0) is 25.0 Å². The molecule has 3 heterocycles. The van der Waals surface area contributed by atoms with E-state index in [1.165, 1.54) is 28.3 Å². The highest BCUT2D eigenvalue weighted by Crippen LogP contribution is 2.29. The van der Waals surface area contributed by atoms with Crippen molar-refractivity contribution in [2.45, 2.75) is 44.7 Å². The minimum Gasteiger partial charge on any atom is -0.309 e. The van der Waals surface area contributed by atoms with Crippen molar-refractivity contribution in [3.8, 4) is 0 Å². The maximum Gasteiger partial charge on any atom is 0.350 e. The molecule has 3 aromatic heterocycles. The van der Waals surface area contributed by atoms with Crippen molar-refractivity contribution in [3.63, 3.8) is 0 Å². The molecule has 1 aliphatic carbocycles. The maximum atomic E-state index is 12.4. The van der Waals surface area contributed by atoms with E-state index in [0.717, 1.165) is 12.8 Å². The number of pyridine rings is 1. The van der Waals surface area contributed by atoms with Gasteiger partial charge in [0, 0.05) is 12.3 Å². The Balaban J connectivity index is 1.50. The first-order valence-corrected chi connectivity index (χ1v) is 8.60. The molecular weight excluding hydrogens is 320 g/mol. The zero-order valence-electron chi connectivity index (χ0n) is 13.8. The molecule has 4 rings (SSSR count). The highest BCUT2D eigenvalue weighted by Gasteiger charge is 2.19. The number of rotatable bonds is 4. The molecule has 1 amide bonds. The lowest BCUT2D eigenvalue weighted by Gasteiger charge is -2.23. The SMILES string of the molecule is O=C(Cn1nc2ccccn2c1=O)Nc1ccnn1C1CCCCC1. The largest absolute Gasteiger partial charge is 0.350 e. The lowest BCUT2D eigenvalue weighted by molar-refractivity contribution is -0.117. The van der Waals surface area contributed by atoms with Crippen LogP contribution in [-0.2, 0) is 11.3 Å². The summed E-state index contributed by atoms with van der Waals surface area (Å²) in [5.41, 5.74) is 0.194. The average molecular weight is 340 g/mol. The van der Waals surface area contributed by atoms with Gasteiger partial charge in [-0.1, -0.05) is 25.3 Å². The van der Waals surface area contributed by atoms with Crippen LogP contribution >= 0.6 is 0 Å². The molecule has 8 nitrogen and oxygen atoms in total. The van der Waals surface area contributed by atoms with Gasteiger partial charge in [0.15, 0.2) is 5.65 Å². The van der Waals surface area contributed by atoms with E-state index in [1.807, 2.05) is 4.68 Å². The van der Waals surface area contributed by atoms with Gasteiger partial charge in [0.25, 0.3) is 0 Å². The molecule has 130 valence electrons. The predicted molar refractivity (Wildman–Crippen MR) is 92.4 cm³/mol. The van der Waals surface area contributed by atoms with Gasteiger partial charge in [0.05, 0.1) is 12.2 Å². The second-order valence-electron chi connectivity index (χ2n) is 6.37. The molecule has 1 N–H and O–H groups in total. The van der Waals surface area contributed by atoms with Gasteiger partial charge in [-0.2, -0.15) is 5.10 Å². The number of fused-ring (bicyclic) bond motifs is 1. The number of nitrogens with zero attached hydrogens (tertiary/aromatic N) is 5. The molecule has 3 aromatic rings. The van der Waals surface area contributed by atoms with Crippen LogP contribution in [0, 0.1) is 0 Å². The van der Waals surface area contributed by atoms with E-state index in [9.17, 15) is 9.59 Å². The van der Waals surface area contributed by atoms with Crippen LogP contribution in [0.3, 0.4) is 0 Å². The number of carbonyl (C=O) groups is 1. The van der Waals surface area contributed by atoms with E-state index in [2.05, 4.69) is 15.5 Å². The summed E-state index contributed by atoms with van der Waals surface area (Å²) in [6.45, 7) is -0.129. The fourth-order valence-electron chi connectivity index (χ4n) is 3.42. The Morgan fingerprint density at radius 3 is 2.84 bits per heavy atom. The second kappa shape index (κ2) is 6.54. The summed E-state index contributed by atoms with van der Waals surface area (Å²) in [6, 6.07) is 7.40. The Morgan fingerprint density at radius 1 is 1.20 bits per heavy atom. The highest BCUT2D eigenvalue weighted by atomic mass is 16.2. The molecule has 1 fully saturated rings. The first-order valence-electron chi connectivity index (χ1n) is 8.60. The summed E-state index contributed by atoms with van der Waals surface area (Å²) >= 11 is 0. The molecule has 0 bridgehead atoms. The lowest BCUT2D eigenvalue weighted by atomic mass is 9.96. The van der Waals surface area contributed by atoms with Gasteiger partial charge in [0.2, 0.25) is 5.91 Å². The van der Waals surface area contributed by atoms with Gasteiger partial charge in [-0.3, -0.25) is 9.20 Å². The number of hydrogen-bond donors (Lipinski definition) is 1. The number of amides is 1. The minimum absolute atomic E-state index is 0.129. The zero-order chi connectivity index (χ0) is 17.2. The lowest BCUT2D eigenvalue weighted by Crippen LogP contribution is -2.29. The maximum absolute atomic E-state index is 12.4. The van der Waals surface area contributed by atoms with Gasteiger partial charge in [-0.25, -0.2) is 14.2 Å². The molecule has 25 heavy (non-hydrogen) atoms. The van der Waals surface area contributed by atoms with Gasteiger partial charge in [-0.15, -0.1) is 5.10 Å². The van der Waals surface area contributed by atoms with Crippen molar-refractivity contribution in [3.05, 3.63) is 47.1 Å². The molecule has 1 aliphatic rings. The number of carbonyl (C=O) groups excluding carboxylic acids is 1. The standard InChI is InChI=1S/C17H20N6O2/c24-16(12-22-17(25)21-11-5-4-8-15(21)20-22)19-14-9-10-18-23(14)13-6-2-1-3-7-13/h4-5,8-11,13H,1-3,6-7,12H2,(H,19,24). The van der Waals surface area contributed by atoms with Crippen LogP contribution in [0.1, 0.15) is 38.1 Å². The predicted octanol–water partition coefficient (Wildman–Crippen LogP) is 1.84. The second-order valence-corrected chi connectivity index (χ2v) is 6.37. The minimum atomic E-state index is -0.327. The summed E-state index contributed by atoms with van der Waals surface area (Å²) in [5, 5.41) is 11.4. The fourth-order valence-corrected chi connectivity index (χ4v) is 3.42. The molecule has 0 saturated heterocycles. The van der Waals surface area contributed by atoms with Crippen LogP contribution in [0.15, 0.2) is 41.5 Å². The van der Waals surface area contributed by atoms with Gasteiger partial charge >= 0.3 is 5.69 Å². The van der Waals surface area contributed by atoms with Crippen LogP contribution in [0.5, 0.6) is 0 Å². The summed E-state index contributed by atoms with van der Waals surface area (Å²) < 4.78 is 4.48. The van der Waals surface area contributed by atoms with Crippen LogP contribution < -0.4 is 11.0 Å². The normalized spacial score (nSPS) is 15.5. The third-order valence-corrected chi connectivity index (χ3v) is 4.64. The quantitative estimate of drug-likeness (QED) is 0.785. The first-order chi connectivity index (χ1) is 12.2. The molecule has 8 heteroatoms. The Labute approximate surface area is 144 Å². The zero-order valence-corrected chi connectivity index (χ0v) is 13.8. The summed E-state index contributed by atoms with van der Waals surface area (Å²) in [6.07, 6.45) is 9.13. The van der Waals surface area contributed by atoms with Gasteiger partial charge in [0.1, 0.15) is 12.4 Å². The van der Waals surface area contributed by atoms with Crippen molar-refractivity contribution >= 4 is 17.4 Å².